The number of nitrogens with zero attached hydrogens (tertiary/aromatic N) is 1. The molecular formula is C13H16N2O2S. The maximum absolute atomic E-state index is 5.64. The van der Waals surface area contributed by atoms with E-state index in [1.165, 1.54) is 4.88 Å². The molecule has 4 nitrogen and oxygen atoms in total. The Morgan fingerprint density at radius 3 is 2.61 bits per heavy atom. The van der Waals surface area contributed by atoms with Crippen molar-refractivity contribution in [3.8, 4) is 11.5 Å². The van der Waals surface area contributed by atoms with E-state index in [4.69, 9.17) is 15.2 Å². The summed E-state index contributed by atoms with van der Waals surface area (Å²) < 4.78 is 10.7. The average molecular weight is 264 g/mol. The van der Waals surface area contributed by atoms with Gasteiger partial charge in [-0.25, -0.2) is 4.98 Å². The number of rotatable bonds is 6. The zero-order chi connectivity index (χ0) is 12.8. The Labute approximate surface area is 110 Å². The Hall–Kier alpha value is -1.59. The lowest BCUT2D eigenvalue weighted by molar-refractivity contribution is 0.305. The molecule has 0 bridgehead atoms. The molecule has 18 heavy (non-hydrogen) atoms. The van der Waals surface area contributed by atoms with Crippen molar-refractivity contribution < 1.29 is 9.47 Å². The Kier molecular flexibility index (Phi) is 4.55. The van der Waals surface area contributed by atoms with E-state index in [9.17, 15) is 0 Å². The van der Waals surface area contributed by atoms with Crippen LogP contribution in [0.2, 0.25) is 0 Å². The molecule has 5 heteroatoms. The quantitative estimate of drug-likeness (QED) is 0.869. The summed E-state index contributed by atoms with van der Waals surface area (Å²) in [6, 6.07) is 7.51. The van der Waals surface area contributed by atoms with Crippen molar-refractivity contribution in [3.05, 3.63) is 40.3 Å². The van der Waals surface area contributed by atoms with E-state index in [0.717, 1.165) is 22.9 Å². The third-order valence-electron chi connectivity index (χ3n) is 2.41. The van der Waals surface area contributed by atoms with Crippen LogP contribution in [0.3, 0.4) is 0 Å². The molecule has 1 heterocycles. The van der Waals surface area contributed by atoms with Gasteiger partial charge in [-0.2, -0.15) is 0 Å². The lowest BCUT2D eigenvalue weighted by Gasteiger charge is -2.04. The third-order valence-corrected chi connectivity index (χ3v) is 3.44. The van der Waals surface area contributed by atoms with E-state index in [0.29, 0.717) is 13.2 Å². The van der Waals surface area contributed by atoms with E-state index >= 15 is 0 Å². The molecule has 0 saturated heterocycles. The lowest BCUT2D eigenvalue weighted by Crippen LogP contribution is -2.00. The number of benzene rings is 1. The van der Waals surface area contributed by atoms with Crippen LogP contribution in [0.1, 0.15) is 9.88 Å². The number of ether oxygens (including phenoxy) is 2. The van der Waals surface area contributed by atoms with Gasteiger partial charge in [0.1, 0.15) is 23.1 Å². The SMILES string of the molecule is COc1ccc(OCc2ncc(CCN)s2)cc1. The summed E-state index contributed by atoms with van der Waals surface area (Å²) in [7, 11) is 1.64. The zero-order valence-corrected chi connectivity index (χ0v) is 11.1. The van der Waals surface area contributed by atoms with E-state index in [1.54, 1.807) is 18.4 Å². The van der Waals surface area contributed by atoms with Crippen LogP contribution in [-0.4, -0.2) is 18.6 Å². The van der Waals surface area contributed by atoms with Crippen LogP contribution in [0.15, 0.2) is 30.5 Å². The number of aromatic nitrogens is 1. The molecule has 0 fully saturated rings. The number of thiazole rings is 1. The fraction of sp³-hybridized carbons (Fsp3) is 0.308. The van der Waals surface area contributed by atoms with Gasteiger partial charge in [0.25, 0.3) is 0 Å². The molecular weight excluding hydrogens is 248 g/mol. The lowest BCUT2D eigenvalue weighted by atomic mass is 10.3. The minimum atomic E-state index is 0.488. The van der Waals surface area contributed by atoms with Crippen molar-refractivity contribution in [1.82, 2.24) is 4.98 Å². The largest absolute Gasteiger partial charge is 0.497 e. The van der Waals surface area contributed by atoms with Crippen molar-refractivity contribution in [3.63, 3.8) is 0 Å². The first-order valence-corrected chi connectivity index (χ1v) is 6.54. The first-order chi connectivity index (χ1) is 8.81. The topological polar surface area (TPSA) is 57.4 Å². The molecule has 2 rings (SSSR count). The van der Waals surface area contributed by atoms with Crippen LogP contribution in [0.4, 0.5) is 0 Å². The van der Waals surface area contributed by atoms with Crippen molar-refractivity contribution in [2.75, 3.05) is 13.7 Å². The van der Waals surface area contributed by atoms with Gasteiger partial charge in [-0.1, -0.05) is 0 Å². The maximum atomic E-state index is 5.64. The first kappa shape index (κ1) is 12.9. The van der Waals surface area contributed by atoms with Gasteiger partial charge in [0.05, 0.1) is 7.11 Å². The normalized spacial score (nSPS) is 10.3. The molecule has 1 aromatic carbocycles. The summed E-state index contributed by atoms with van der Waals surface area (Å²) in [5.41, 5.74) is 5.50. The fourth-order valence-electron chi connectivity index (χ4n) is 1.49. The number of hydrogen-bond donors (Lipinski definition) is 1. The molecule has 1 aromatic heterocycles. The summed E-state index contributed by atoms with van der Waals surface area (Å²) >= 11 is 1.64. The number of hydrogen-bond acceptors (Lipinski definition) is 5. The Morgan fingerprint density at radius 1 is 1.22 bits per heavy atom. The summed E-state index contributed by atoms with van der Waals surface area (Å²) in [4.78, 5) is 5.50. The van der Waals surface area contributed by atoms with Crippen LogP contribution in [-0.2, 0) is 13.0 Å². The van der Waals surface area contributed by atoms with Gasteiger partial charge in [-0.3, -0.25) is 0 Å². The van der Waals surface area contributed by atoms with Crippen molar-refractivity contribution in [2.24, 2.45) is 5.73 Å². The van der Waals surface area contributed by atoms with E-state index in [1.807, 2.05) is 30.5 Å². The summed E-state index contributed by atoms with van der Waals surface area (Å²) in [5, 5.41) is 0.967. The molecule has 0 aliphatic rings. The van der Waals surface area contributed by atoms with Gasteiger partial charge in [0, 0.05) is 11.1 Å². The molecule has 0 unspecified atom stereocenters. The molecule has 0 atom stereocenters. The number of nitrogens with two attached hydrogens (primary N) is 1. The highest BCUT2D eigenvalue weighted by molar-refractivity contribution is 7.11. The van der Waals surface area contributed by atoms with Crippen molar-refractivity contribution >= 4 is 11.3 Å². The van der Waals surface area contributed by atoms with Gasteiger partial charge >= 0.3 is 0 Å². The van der Waals surface area contributed by atoms with Gasteiger partial charge in [-0.05, 0) is 37.2 Å². The fourth-order valence-corrected chi connectivity index (χ4v) is 2.34. The minimum absolute atomic E-state index is 0.488. The second kappa shape index (κ2) is 6.37. The summed E-state index contributed by atoms with van der Waals surface area (Å²) in [5.74, 6) is 1.63. The zero-order valence-electron chi connectivity index (χ0n) is 10.3. The minimum Gasteiger partial charge on any atom is -0.497 e. The summed E-state index contributed by atoms with van der Waals surface area (Å²) in [6.45, 7) is 1.14. The molecule has 2 aromatic rings. The van der Waals surface area contributed by atoms with Crippen LogP contribution in [0.25, 0.3) is 0 Å². The highest BCUT2D eigenvalue weighted by atomic mass is 32.1. The van der Waals surface area contributed by atoms with Gasteiger partial charge < -0.3 is 15.2 Å². The first-order valence-electron chi connectivity index (χ1n) is 5.72. The van der Waals surface area contributed by atoms with Crippen LogP contribution in [0, 0.1) is 0 Å². The predicted molar refractivity (Wildman–Crippen MR) is 72.2 cm³/mol. The molecule has 0 aliphatic heterocycles. The average Bonchev–Trinajstić information content (AvgIpc) is 2.85. The van der Waals surface area contributed by atoms with Gasteiger partial charge in [0.2, 0.25) is 0 Å². The monoisotopic (exact) mass is 264 g/mol. The van der Waals surface area contributed by atoms with Crippen LogP contribution < -0.4 is 15.2 Å². The van der Waals surface area contributed by atoms with E-state index in [-0.39, 0.29) is 0 Å². The molecule has 0 aliphatic carbocycles. The Morgan fingerprint density at radius 2 is 1.94 bits per heavy atom. The summed E-state index contributed by atoms with van der Waals surface area (Å²) in [6.07, 6.45) is 2.74. The predicted octanol–water partition coefficient (Wildman–Crippen LogP) is 2.23. The number of methoxy groups -OCH3 is 1. The molecule has 0 saturated carbocycles. The molecule has 2 N–H and O–H groups in total. The third kappa shape index (κ3) is 3.45. The van der Waals surface area contributed by atoms with Gasteiger partial charge in [0.15, 0.2) is 0 Å². The second-order valence-corrected chi connectivity index (χ2v) is 4.92. The van der Waals surface area contributed by atoms with Gasteiger partial charge in [-0.15, -0.1) is 11.3 Å². The van der Waals surface area contributed by atoms with E-state index < -0.39 is 0 Å². The molecule has 0 spiro atoms. The highest BCUT2D eigenvalue weighted by Gasteiger charge is 2.02. The van der Waals surface area contributed by atoms with Crippen molar-refractivity contribution in [2.45, 2.75) is 13.0 Å². The molecule has 96 valence electrons. The smallest absolute Gasteiger partial charge is 0.140 e. The maximum Gasteiger partial charge on any atom is 0.140 e. The molecule has 0 radical (unpaired) electrons. The standard InChI is InChI=1S/C13H16N2O2S/c1-16-10-2-4-11(5-3-10)17-9-13-15-8-12(18-13)6-7-14/h2-5,8H,6-7,9,14H2,1H3. The van der Waals surface area contributed by atoms with Crippen LogP contribution in [0.5, 0.6) is 11.5 Å². The van der Waals surface area contributed by atoms with Crippen LogP contribution >= 0.6 is 11.3 Å². The highest BCUT2D eigenvalue weighted by Crippen LogP contribution is 2.19. The van der Waals surface area contributed by atoms with E-state index in [2.05, 4.69) is 4.98 Å². The molecule has 0 amide bonds. The second-order valence-electron chi connectivity index (χ2n) is 3.72. The Bertz CT molecular complexity index is 482. The Balaban J connectivity index is 1.89. The van der Waals surface area contributed by atoms with Crippen molar-refractivity contribution in [1.29, 1.82) is 0 Å².